The van der Waals surface area contributed by atoms with Crippen molar-refractivity contribution in [3.05, 3.63) is 36.5 Å². The highest BCUT2D eigenvalue weighted by atomic mass is 15.4. The highest BCUT2D eigenvalue weighted by Gasteiger charge is 2.21. The average Bonchev–Trinajstić information content (AvgIpc) is 2.90. The summed E-state index contributed by atoms with van der Waals surface area (Å²) in [5.41, 5.74) is 0. The van der Waals surface area contributed by atoms with Gasteiger partial charge in [-0.25, -0.2) is 9.97 Å². The van der Waals surface area contributed by atoms with Crippen LogP contribution >= 0.6 is 0 Å². The summed E-state index contributed by atoms with van der Waals surface area (Å²) in [5, 5.41) is 7.68. The first kappa shape index (κ1) is 10.4. The summed E-state index contributed by atoms with van der Waals surface area (Å²) in [6.45, 7) is 2.08. The van der Waals surface area contributed by atoms with Gasteiger partial charge in [-0.3, -0.25) is 0 Å². The van der Waals surface area contributed by atoms with Gasteiger partial charge >= 0.3 is 0 Å². The lowest BCUT2D eigenvalue weighted by Crippen LogP contribution is -2.30. The fourth-order valence-corrected chi connectivity index (χ4v) is 2.26. The lowest BCUT2D eigenvalue weighted by molar-refractivity contribution is 0.439. The Hall–Kier alpha value is -1.75. The van der Waals surface area contributed by atoms with Gasteiger partial charge in [0, 0.05) is 18.7 Å². The molecule has 3 rings (SSSR count). The Bertz CT molecular complexity index is 473. The first-order valence-corrected chi connectivity index (χ1v) is 5.97. The molecule has 1 aliphatic rings. The Kier molecular flexibility index (Phi) is 2.83. The fraction of sp³-hybridized carbons (Fsp3) is 0.417. The molecule has 2 aromatic rings. The van der Waals surface area contributed by atoms with Crippen LogP contribution in [0.4, 0.5) is 0 Å². The van der Waals surface area contributed by atoms with Crippen molar-refractivity contribution in [2.24, 2.45) is 0 Å². The van der Waals surface area contributed by atoms with Gasteiger partial charge in [0.25, 0.3) is 0 Å². The number of pyridine rings is 1. The topological polar surface area (TPSA) is 55.6 Å². The Balaban J connectivity index is 1.93. The maximum Gasteiger partial charge on any atom is 0.155 e. The summed E-state index contributed by atoms with van der Waals surface area (Å²) < 4.78 is 1.84. The summed E-state index contributed by atoms with van der Waals surface area (Å²) in [5.74, 6) is 2.29. The van der Waals surface area contributed by atoms with Crippen LogP contribution in [0, 0.1) is 0 Å². The molecule has 5 heteroatoms. The molecular formula is C12H15N5. The monoisotopic (exact) mass is 229 g/mol. The highest BCUT2D eigenvalue weighted by Crippen LogP contribution is 2.22. The van der Waals surface area contributed by atoms with Crippen molar-refractivity contribution < 1.29 is 0 Å². The standard InChI is InChI=1S/C12H15N5/c1-2-7-14-11(5-1)17-12(15-9-16-17)10-4-3-6-13-8-10/h1-2,5,7,9-10,13H,3-4,6,8H2/t10-/m1/s1. The van der Waals surface area contributed by atoms with E-state index in [0.717, 1.165) is 24.7 Å². The SMILES string of the molecule is c1ccc(-n2ncnc2[C@@H]2CCCNC2)nc1. The number of nitrogens with zero attached hydrogens (tertiary/aromatic N) is 4. The molecule has 5 nitrogen and oxygen atoms in total. The smallest absolute Gasteiger partial charge is 0.155 e. The number of piperidine rings is 1. The molecule has 0 aromatic carbocycles. The van der Waals surface area contributed by atoms with Crippen LogP contribution < -0.4 is 5.32 Å². The molecule has 0 saturated carbocycles. The summed E-state index contributed by atoms with van der Waals surface area (Å²) in [6.07, 6.45) is 5.75. The molecule has 88 valence electrons. The maximum atomic E-state index is 4.39. The second-order valence-electron chi connectivity index (χ2n) is 4.26. The van der Waals surface area contributed by atoms with Crippen LogP contribution in [0.3, 0.4) is 0 Å². The van der Waals surface area contributed by atoms with Gasteiger partial charge in [0.2, 0.25) is 0 Å². The number of aromatic nitrogens is 4. The van der Waals surface area contributed by atoms with Crippen LogP contribution in [-0.4, -0.2) is 32.8 Å². The van der Waals surface area contributed by atoms with E-state index in [1.165, 1.54) is 12.8 Å². The van der Waals surface area contributed by atoms with E-state index >= 15 is 0 Å². The zero-order valence-electron chi connectivity index (χ0n) is 9.58. The van der Waals surface area contributed by atoms with E-state index < -0.39 is 0 Å². The predicted molar refractivity (Wildman–Crippen MR) is 64.0 cm³/mol. The summed E-state index contributed by atoms with van der Waals surface area (Å²) >= 11 is 0. The van der Waals surface area contributed by atoms with Crippen LogP contribution in [0.5, 0.6) is 0 Å². The van der Waals surface area contributed by atoms with Gasteiger partial charge in [-0.2, -0.15) is 9.78 Å². The molecule has 3 heterocycles. The maximum absolute atomic E-state index is 4.39. The molecule has 0 amide bonds. The number of hydrogen-bond acceptors (Lipinski definition) is 4. The van der Waals surface area contributed by atoms with E-state index in [0.29, 0.717) is 5.92 Å². The normalized spacial score (nSPS) is 20.4. The summed E-state index contributed by atoms with van der Waals surface area (Å²) in [6, 6.07) is 5.82. The second-order valence-corrected chi connectivity index (χ2v) is 4.26. The predicted octanol–water partition coefficient (Wildman–Crippen LogP) is 1.13. The molecule has 2 aromatic heterocycles. The molecule has 0 unspecified atom stereocenters. The van der Waals surface area contributed by atoms with Gasteiger partial charge in [-0.05, 0) is 31.5 Å². The first-order valence-electron chi connectivity index (χ1n) is 5.97. The van der Waals surface area contributed by atoms with E-state index in [-0.39, 0.29) is 0 Å². The number of rotatable bonds is 2. The lowest BCUT2D eigenvalue weighted by atomic mass is 9.99. The van der Waals surface area contributed by atoms with Crippen molar-refractivity contribution in [2.45, 2.75) is 18.8 Å². The minimum Gasteiger partial charge on any atom is -0.316 e. The largest absolute Gasteiger partial charge is 0.316 e. The Morgan fingerprint density at radius 3 is 3.06 bits per heavy atom. The molecular weight excluding hydrogens is 214 g/mol. The molecule has 1 saturated heterocycles. The number of hydrogen-bond donors (Lipinski definition) is 1. The third kappa shape index (κ3) is 2.06. The first-order chi connectivity index (χ1) is 8.45. The minimum absolute atomic E-state index is 0.438. The average molecular weight is 229 g/mol. The molecule has 0 aliphatic carbocycles. The van der Waals surface area contributed by atoms with Crippen molar-refractivity contribution in [2.75, 3.05) is 13.1 Å². The van der Waals surface area contributed by atoms with E-state index in [1.807, 2.05) is 22.9 Å². The quantitative estimate of drug-likeness (QED) is 0.838. The summed E-state index contributed by atoms with van der Waals surface area (Å²) in [7, 11) is 0. The summed E-state index contributed by atoms with van der Waals surface area (Å²) in [4.78, 5) is 8.70. The third-order valence-corrected chi connectivity index (χ3v) is 3.10. The van der Waals surface area contributed by atoms with Crippen molar-refractivity contribution in [3.63, 3.8) is 0 Å². The minimum atomic E-state index is 0.438. The van der Waals surface area contributed by atoms with Crippen LogP contribution in [0.1, 0.15) is 24.6 Å². The third-order valence-electron chi connectivity index (χ3n) is 3.10. The van der Waals surface area contributed by atoms with Crippen molar-refractivity contribution in [1.29, 1.82) is 0 Å². The molecule has 0 spiro atoms. The molecule has 1 fully saturated rings. The fourth-order valence-electron chi connectivity index (χ4n) is 2.26. The van der Waals surface area contributed by atoms with Crippen molar-refractivity contribution in [1.82, 2.24) is 25.1 Å². The van der Waals surface area contributed by atoms with Crippen LogP contribution in [-0.2, 0) is 0 Å². The van der Waals surface area contributed by atoms with Crippen LogP contribution in [0.15, 0.2) is 30.7 Å². The van der Waals surface area contributed by atoms with Crippen molar-refractivity contribution >= 4 is 0 Å². The van der Waals surface area contributed by atoms with Gasteiger partial charge in [0.15, 0.2) is 5.82 Å². The van der Waals surface area contributed by atoms with Gasteiger partial charge in [0.1, 0.15) is 12.2 Å². The van der Waals surface area contributed by atoms with E-state index in [4.69, 9.17) is 0 Å². The lowest BCUT2D eigenvalue weighted by Gasteiger charge is -2.22. The zero-order valence-corrected chi connectivity index (χ0v) is 9.58. The van der Waals surface area contributed by atoms with Crippen LogP contribution in [0.25, 0.3) is 5.82 Å². The molecule has 0 radical (unpaired) electrons. The van der Waals surface area contributed by atoms with Gasteiger partial charge in [-0.15, -0.1) is 0 Å². The highest BCUT2D eigenvalue weighted by molar-refractivity contribution is 5.22. The molecule has 0 bridgehead atoms. The molecule has 1 aliphatic heterocycles. The molecule has 1 N–H and O–H groups in total. The Morgan fingerprint density at radius 2 is 2.29 bits per heavy atom. The van der Waals surface area contributed by atoms with Gasteiger partial charge < -0.3 is 5.32 Å². The van der Waals surface area contributed by atoms with E-state index in [2.05, 4.69) is 20.4 Å². The second kappa shape index (κ2) is 4.63. The molecule has 17 heavy (non-hydrogen) atoms. The van der Waals surface area contributed by atoms with E-state index in [9.17, 15) is 0 Å². The Morgan fingerprint density at radius 1 is 1.29 bits per heavy atom. The van der Waals surface area contributed by atoms with Gasteiger partial charge in [0.05, 0.1) is 0 Å². The zero-order chi connectivity index (χ0) is 11.5. The van der Waals surface area contributed by atoms with E-state index in [1.54, 1.807) is 12.5 Å². The molecule has 1 atom stereocenters. The number of nitrogens with one attached hydrogen (secondary N) is 1. The van der Waals surface area contributed by atoms with Crippen molar-refractivity contribution in [3.8, 4) is 5.82 Å². The van der Waals surface area contributed by atoms with Gasteiger partial charge in [-0.1, -0.05) is 6.07 Å². The van der Waals surface area contributed by atoms with Crippen LogP contribution in [0.2, 0.25) is 0 Å². The Labute approximate surface area is 99.9 Å².